The molecule has 0 radical (unpaired) electrons. The second-order valence-corrected chi connectivity index (χ2v) is 58.5. The number of methoxy groups -OCH3 is 1. The number of hydrogen-bond donors (Lipinski definition) is 14. The van der Waals surface area contributed by atoms with E-state index in [1.807, 2.05) is 13.8 Å². The average molecular weight is 1870 g/mol. The van der Waals surface area contributed by atoms with Gasteiger partial charge in [-0.05, 0) is 156 Å². The molecule has 10 aromatic rings. The average Bonchev–Trinajstić information content (AvgIpc) is 1.63. The van der Waals surface area contributed by atoms with Crippen molar-refractivity contribution in [2.75, 3.05) is 133 Å². The van der Waals surface area contributed by atoms with Gasteiger partial charge in [0.2, 0.25) is 0 Å². The zero-order chi connectivity index (χ0) is 93.2. The number of rotatable bonds is 27. The molecule has 20 atom stereocenters. The number of imidazole rings is 5. The van der Waals surface area contributed by atoms with Gasteiger partial charge in [0.1, 0.15) is 118 Å². The van der Waals surface area contributed by atoms with E-state index < -0.39 is 151 Å². The van der Waals surface area contributed by atoms with Crippen LogP contribution >= 0.6 is 34.4 Å². The lowest BCUT2D eigenvalue weighted by molar-refractivity contribution is -0.0496. The summed E-state index contributed by atoms with van der Waals surface area (Å²) in [4.78, 5) is 64.7. The molecule has 5 unspecified atom stereocenters. The summed E-state index contributed by atoms with van der Waals surface area (Å²) in [5.41, 5.74) is 34.8. The molecule has 0 aromatic carbocycles. The number of nitrogens with two attached hydrogens (primary N) is 5. The van der Waals surface area contributed by atoms with Gasteiger partial charge in [-0.2, -0.15) is 0 Å². The molecule has 10 aromatic heterocycles. The minimum absolute atomic E-state index is 0.282. The molecule has 0 amide bonds. The summed E-state index contributed by atoms with van der Waals surface area (Å²) in [6.45, 7) is 24.9. The molecule has 702 valence electrons. The van der Waals surface area contributed by atoms with Gasteiger partial charge in [-0.1, -0.05) is 27.2 Å². The number of unbranched alkanes of at least 4 members (excludes halogenated alkanes) is 1. The van der Waals surface area contributed by atoms with E-state index >= 15 is 0 Å². The van der Waals surface area contributed by atoms with Crippen LogP contribution in [0.25, 0.3) is 55.8 Å². The lowest BCUT2D eigenvalue weighted by atomic mass is 10.1. The van der Waals surface area contributed by atoms with E-state index in [0.717, 1.165) is 62.9 Å². The summed E-state index contributed by atoms with van der Waals surface area (Å²) >= 11 is 0. The molecule has 0 spiro atoms. The first-order chi connectivity index (χ1) is 59.5. The highest BCUT2D eigenvalue weighted by Gasteiger charge is 2.50. The molecule has 5 saturated heterocycles. The Morgan fingerprint density at radius 2 is 0.575 bits per heavy atom. The van der Waals surface area contributed by atoms with Crippen molar-refractivity contribution >= 4 is 151 Å². The van der Waals surface area contributed by atoms with Crippen LogP contribution in [0.4, 0.5) is 29.1 Å². The van der Waals surface area contributed by atoms with E-state index in [1.165, 1.54) is 19.0 Å². The minimum Gasteiger partial charge on any atom is -0.388 e. The summed E-state index contributed by atoms with van der Waals surface area (Å²) in [6.07, 6.45) is 26.6. The van der Waals surface area contributed by atoms with Crippen molar-refractivity contribution in [3.8, 4) is 0 Å². The molecule has 40 nitrogen and oxygen atoms in total. The van der Waals surface area contributed by atoms with Crippen LogP contribution in [0.15, 0.2) is 31.6 Å². The number of aryl methyl sites for hydroxylation is 5. The molecule has 5 aliphatic rings. The Balaban J connectivity index is 0.000000154. The molecule has 0 bridgehead atoms. The fourth-order valence-corrected chi connectivity index (χ4v) is 20.3. The number of hydrogen-bond acceptors (Lipinski definition) is 35. The van der Waals surface area contributed by atoms with Crippen LogP contribution in [0.3, 0.4) is 0 Å². The van der Waals surface area contributed by atoms with Gasteiger partial charge in [0.25, 0.3) is 0 Å². The van der Waals surface area contributed by atoms with Crippen molar-refractivity contribution in [1.82, 2.24) is 97.6 Å². The summed E-state index contributed by atoms with van der Waals surface area (Å²) in [5, 5.41) is 94.1. The van der Waals surface area contributed by atoms with Crippen molar-refractivity contribution in [3.63, 3.8) is 0 Å². The van der Waals surface area contributed by atoms with Crippen LogP contribution in [0.2, 0.25) is 0 Å². The monoisotopic (exact) mass is 1860 g/mol. The zero-order valence-corrected chi connectivity index (χ0v) is 80.3. The summed E-state index contributed by atoms with van der Waals surface area (Å²) in [7, 11) is 1.57. The smallest absolute Gasteiger partial charge is 0.167 e. The maximum absolute atomic E-state index is 10.7. The highest BCUT2D eigenvalue weighted by molar-refractivity contribution is 7.73. The normalized spacial score (nSPS) is 27.0. The van der Waals surface area contributed by atoms with Crippen molar-refractivity contribution in [2.24, 2.45) is 0 Å². The lowest BCUT2D eigenvalue weighted by Gasteiger charge is -2.20. The van der Waals surface area contributed by atoms with Gasteiger partial charge in [0, 0.05) is 26.4 Å². The van der Waals surface area contributed by atoms with Crippen LogP contribution in [0, 0.1) is 13.8 Å². The Kier molecular flexibility index (Phi) is 32.5. The van der Waals surface area contributed by atoms with Gasteiger partial charge < -0.3 is 103 Å². The predicted octanol–water partition coefficient (Wildman–Crippen LogP) is 4.76. The molecule has 15 heterocycles. The van der Waals surface area contributed by atoms with Crippen molar-refractivity contribution < 1.29 is 74.4 Å². The predicted molar refractivity (Wildman–Crippen MR) is 511 cm³/mol. The molecule has 127 heavy (non-hydrogen) atoms. The van der Waals surface area contributed by atoms with Crippen molar-refractivity contribution in [3.05, 3.63) is 60.8 Å². The molecule has 45 heteroatoms. The molecular weight excluding hydrogens is 1730 g/mol. The minimum atomic E-state index is -1.24. The van der Waals surface area contributed by atoms with Gasteiger partial charge in [0.15, 0.2) is 88.5 Å². The molecule has 0 aliphatic carbocycles. The largest absolute Gasteiger partial charge is 0.388 e. The lowest BCUT2D eigenvalue weighted by Crippen LogP contribution is -2.33. The van der Waals surface area contributed by atoms with E-state index in [4.69, 9.17) is 57.1 Å². The Morgan fingerprint density at radius 3 is 0.843 bits per heavy atom. The Hall–Kier alpha value is -7.35. The number of anilines is 5. The van der Waals surface area contributed by atoms with Gasteiger partial charge >= 0.3 is 0 Å². The second kappa shape index (κ2) is 41.2. The van der Waals surface area contributed by atoms with Crippen LogP contribution in [0.1, 0.15) is 132 Å². The van der Waals surface area contributed by atoms with Crippen molar-refractivity contribution in [1.29, 1.82) is 0 Å². The number of aromatic nitrogens is 20. The molecule has 15 rings (SSSR count). The molecule has 5 fully saturated rings. The third kappa shape index (κ3) is 24.1. The van der Waals surface area contributed by atoms with Crippen LogP contribution in [0.5, 0.6) is 0 Å². The number of nitrogens with zero attached hydrogens (tertiary/aromatic N) is 20. The SMILES string of the molecule is C=P(C)(C)CC[C@H]1OC(n2cnc3c(N)nc(C)nc32)[C@H](O)[C@@H]1O.C=P(C)(C)CC[C@H]1OC(n2cnc3c(N)nc(C)nc32)[C@H](O)[C@@H]1O.C=P(C)(C)CC[C@H]1OC(n2cnc3c(N)nc(CC)nc32)[C@H](OC)[C@@H]1O.C=P(C)(C)CC[C@H]1OC(n2cnc3c(N)nc(CCC)nc32)[C@H](O)[C@@H]1O.C=P(C)(C)CC[C@H]1OC(n2cnc3c(N)nc(CCCC)nc32)[C@H](O)[C@@H]1O. The van der Waals surface area contributed by atoms with Crippen LogP contribution < -0.4 is 28.7 Å². The maximum atomic E-state index is 10.7. The molecule has 0 saturated carbocycles. The van der Waals surface area contributed by atoms with E-state index in [0.29, 0.717) is 141 Å². The number of fused-ring (bicyclic) bond motifs is 5. The van der Waals surface area contributed by atoms with Gasteiger partial charge in [-0.25, -0.2) is 74.8 Å². The Morgan fingerprint density at radius 1 is 0.331 bits per heavy atom. The quantitative estimate of drug-likeness (QED) is 0.0308. The summed E-state index contributed by atoms with van der Waals surface area (Å²) < 4.78 is 43.9. The zero-order valence-electron chi connectivity index (χ0n) is 75.8. The van der Waals surface area contributed by atoms with Crippen LogP contribution in [-0.4, -0.2) is 371 Å². The third-order valence-electron chi connectivity index (χ3n) is 22.5. The Bertz CT molecular complexity index is 5570. The second-order valence-electron chi connectivity index (χ2n) is 36.9. The van der Waals surface area contributed by atoms with Crippen molar-refractivity contribution in [2.45, 2.75) is 228 Å². The van der Waals surface area contributed by atoms with Crippen LogP contribution in [-0.2, 0) is 47.7 Å². The van der Waals surface area contributed by atoms with Gasteiger partial charge in [-0.3, -0.25) is 22.8 Å². The van der Waals surface area contributed by atoms with E-state index in [9.17, 15) is 46.0 Å². The van der Waals surface area contributed by atoms with Gasteiger partial charge in [-0.15, -0.1) is 65.9 Å². The number of nitrogen functional groups attached to an aromatic ring is 5. The van der Waals surface area contributed by atoms with E-state index in [1.54, 1.807) is 56.4 Å². The summed E-state index contributed by atoms with van der Waals surface area (Å²) in [5.74, 6) is 4.48. The summed E-state index contributed by atoms with van der Waals surface area (Å²) in [6, 6.07) is 0. The molecule has 19 N–H and O–H groups in total. The first-order valence-electron chi connectivity index (χ1n) is 42.7. The fraction of sp³-hybridized carbons (Fsp3) is 0.634. The first kappa shape index (κ1) is 100. The number of aliphatic hydroxyl groups excluding tert-OH is 9. The maximum Gasteiger partial charge on any atom is 0.167 e. The third-order valence-corrected chi connectivity index (χ3v) is 29.9. The number of ether oxygens (including phenoxy) is 6. The van der Waals surface area contributed by atoms with E-state index in [-0.39, 0.29) is 17.7 Å². The Labute approximate surface area is 740 Å². The van der Waals surface area contributed by atoms with Gasteiger partial charge in [0.05, 0.1) is 62.2 Å². The molecule has 5 aliphatic heterocycles. The molecular formula is C82H134N25O15P5. The highest BCUT2D eigenvalue weighted by atomic mass is 31.2. The fourth-order valence-electron chi connectivity index (χ4n) is 15.5. The first-order valence-corrected chi connectivity index (χ1v) is 58.0. The standard InChI is InChI=1S/C18H30N5O3P.2C17H28N5O3P.2C15H24N5O3P/c1-5-6-7-12-21-16(19)13-17(22-12)23(10-20-13)18-15(25)14(24)11(26-18)8-9-27(2,3)4;1-6-11-20-15(18)12-16(21-11)22(9-19-12)17-14(24-2)13(23)10(25-17)7-8-26(3,4)5;1-5-6-11-20-15(18)12-16(21-11)22(9-19-12)17-14(24)13(23)10(25-17)7-8-26(2,3)4;2*1-8-18-13(16)10-14(19-8)20(7-17-10)15-12(22)11(21)9(23-15)5-6-24(2,3)4/h10-11,14-15,18,24-25H,2,5-9H2,1,3-4H3,(H2,19,21,22);9-10,13-14,17,23H,3,6-8H2,1-2,4-5H3,(H2,18,20,21);9-10,13-14,17,23-24H,2,5-8H2,1,3-4H3,(H2,18,20,21);2*7,9,11-12,15,21-22H,2,5-6H2,1,3-4H3,(H2,16,18,19)/t11-,14-,15-,18?;2*10-,13-,14-,17?;2*9-,11-,12-,15?/m11111/s1. The highest BCUT2D eigenvalue weighted by Crippen LogP contribution is 2.47. The topological polar surface area (TPSA) is 586 Å². The number of aliphatic hydroxyl groups is 9. The van der Waals surface area contributed by atoms with E-state index in [2.05, 4.69) is 180 Å².